The molecule has 0 radical (unpaired) electrons. The second-order valence-electron chi connectivity index (χ2n) is 6.59. The van der Waals surface area contributed by atoms with Gasteiger partial charge in [0.25, 0.3) is 0 Å². The molecule has 0 bridgehead atoms. The third-order valence-electron chi connectivity index (χ3n) is 4.54. The number of thioether (sulfide) groups is 1. The SMILES string of the molecule is COc1ccc2c(C)cc3nnc(SCC(=O)Nc4ccc(C)cc4)n3c2c1. The van der Waals surface area contributed by atoms with Crippen molar-refractivity contribution in [3.8, 4) is 5.75 Å². The fourth-order valence-corrected chi connectivity index (χ4v) is 3.84. The largest absolute Gasteiger partial charge is 0.497 e. The molecule has 6 nitrogen and oxygen atoms in total. The molecule has 7 heteroatoms. The number of fused-ring (bicyclic) bond motifs is 3. The normalized spacial score (nSPS) is 11.1. The number of carbonyl (C=O) groups is 1. The van der Waals surface area contributed by atoms with Gasteiger partial charge >= 0.3 is 0 Å². The summed E-state index contributed by atoms with van der Waals surface area (Å²) in [5.41, 5.74) is 4.76. The second kappa shape index (κ2) is 7.52. The van der Waals surface area contributed by atoms with Gasteiger partial charge in [0.15, 0.2) is 10.8 Å². The van der Waals surface area contributed by atoms with Crippen molar-refractivity contribution in [2.24, 2.45) is 0 Å². The van der Waals surface area contributed by atoms with Crippen LogP contribution in [0.25, 0.3) is 16.6 Å². The zero-order chi connectivity index (χ0) is 19.7. The molecule has 0 aliphatic rings. The molecule has 142 valence electrons. The number of amides is 1. The summed E-state index contributed by atoms with van der Waals surface area (Å²) in [6.07, 6.45) is 0. The van der Waals surface area contributed by atoms with Crippen LogP contribution in [0.2, 0.25) is 0 Å². The average Bonchev–Trinajstić information content (AvgIpc) is 3.11. The number of aryl methyl sites for hydroxylation is 2. The smallest absolute Gasteiger partial charge is 0.234 e. The van der Waals surface area contributed by atoms with Crippen LogP contribution in [0, 0.1) is 13.8 Å². The fraction of sp³-hybridized carbons (Fsp3) is 0.190. The lowest BCUT2D eigenvalue weighted by Crippen LogP contribution is -2.14. The van der Waals surface area contributed by atoms with E-state index < -0.39 is 0 Å². The molecule has 0 aliphatic heterocycles. The number of aromatic nitrogens is 3. The highest BCUT2D eigenvalue weighted by Crippen LogP contribution is 2.28. The lowest BCUT2D eigenvalue weighted by atomic mass is 10.1. The Morgan fingerprint density at radius 2 is 1.89 bits per heavy atom. The molecule has 1 amide bonds. The van der Waals surface area contributed by atoms with E-state index in [1.807, 2.05) is 66.8 Å². The number of anilines is 1. The molecule has 0 aliphatic carbocycles. The molecule has 2 heterocycles. The molecule has 0 saturated heterocycles. The number of nitrogens with one attached hydrogen (secondary N) is 1. The molecule has 28 heavy (non-hydrogen) atoms. The summed E-state index contributed by atoms with van der Waals surface area (Å²) in [5, 5.41) is 13.2. The standard InChI is InChI=1S/C21H20N4O2S/c1-13-4-6-15(7-5-13)22-20(26)12-28-21-24-23-19-10-14(2)17-9-8-16(27-3)11-18(17)25(19)21/h4-11H,12H2,1-3H3,(H,22,26). The number of hydrogen-bond acceptors (Lipinski definition) is 5. The maximum absolute atomic E-state index is 12.3. The molecule has 4 rings (SSSR count). The average molecular weight is 392 g/mol. The topological polar surface area (TPSA) is 68.5 Å². The highest BCUT2D eigenvalue weighted by molar-refractivity contribution is 7.99. The van der Waals surface area contributed by atoms with E-state index in [0.717, 1.165) is 39.1 Å². The highest BCUT2D eigenvalue weighted by atomic mass is 32.2. The molecule has 0 atom stereocenters. The van der Waals surface area contributed by atoms with Gasteiger partial charge in [-0.3, -0.25) is 9.20 Å². The van der Waals surface area contributed by atoms with Crippen molar-refractivity contribution in [3.63, 3.8) is 0 Å². The Kier molecular flexibility index (Phi) is 4.92. The van der Waals surface area contributed by atoms with Crippen molar-refractivity contribution >= 4 is 39.9 Å². The Morgan fingerprint density at radius 1 is 1.11 bits per heavy atom. The minimum atomic E-state index is -0.0837. The zero-order valence-corrected chi connectivity index (χ0v) is 16.7. The van der Waals surface area contributed by atoms with Crippen LogP contribution in [0.15, 0.2) is 53.7 Å². The highest BCUT2D eigenvalue weighted by Gasteiger charge is 2.14. The first kappa shape index (κ1) is 18.3. The van der Waals surface area contributed by atoms with E-state index >= 15 is 0 Å². The van der Waals surface area contributed by atoms with Gasteiger partial charge in [-0.15, -0.1) is 10.2 Å². The summed E-state index contributed by atoms with van der Waals surface area (Å²) in [6.45, 7) is 4.06. The first-order chi connectivity index (χ1) is 13.5. The molecule has 1 N–H and O–H groups in total. The molecule has 0 fully saturated rings. The van der Waals surface area contributed by atoms with E-state index in [1.165, 1.54) is 11.8 Å². The number of pyridine rings is 1. The van der Waals surface area contributed by atoms with Gasteiger partial charge in [0.1, 0.15) is 5.75 Å². The molecule has 0 saturated carbocycles. The van der Waals surface area contributed by atoms with Crippen molar-refractivity contribution in [3.05, 3.63) is 59.7 Å². The van der Waals surface area contributed by atoms with Crippen LogP contribution >= 0.6 is 11.8 Å². The molecular formula is C21H20N4O2S. The Bertz CT molecular complexity index is 1170. The van der Waals surface area contributed by atoms with Gasteiger partial charge < -0.3 is 10.1 Å². The van der Waals surface area contributed by atoms with Crippen LogP contribution in [-0.2, 0) is 4.79 Å². The molecule has 0 spiro atoms. The maximum atomic E-state index is 12.3. The molecule has 2 aromatic carbocycles. The number of carbonyl (C=O) groups excluding carboxylic acids is 1. The van der Waals surface area contributed by atoms with E-state index in [4.69, 9.17) is 4.74 Å². The molecular weight excluding hydrogens is 372 g/mol. The Hall–Kier alpha value is -3.06. The van der Waals surface area contributed by atoms with Gasteiger partial charge in [-0.2, -0.15) is 0 Å². The number of benzene rings is 2. The van der Waals surface area contributed by atoms with Crippen molar-refractivity contribution in [2.75, 3.05) is 18.2 Å². The number of nitrogens with zero attached hydrogens (tertiary/aromatic N) is 3. The Balaban J connectivity index is 1.61. The van der Waals surface area contributed by atoms with Crippen LogP contribution in [0.5, 0.6) is 5.75 Å². The van der Waals surface area contributed by atoms with Gasteiger partial charge in [0.2, 0.25) is 5.91 Å². The summed E-state index contributed by atoms with van der Waals surface area (Å²) < 4.78 is 7.34. The van der Waals surface area contributed by atoms with Crippen LogP contribution < -0.4 is 10.1 Å². The summed E-state index contributed by atoms with van der Waals surface area (Å²) in [7, 11) is 1.64. The predicted molar refractivity (Wildman–Crippen MR) is 112 cm³/mol. The fourth-order valence-electron chi connectivity index (χ4n) is 3.09. The monoisotopic (exact) mass is 392 g/mol. The summed E-state index contributed by atoms with van der Waals surface area (Å²) in [6, 6.07) is 15.7. The van der Waals surface area contributed by atoms with Crippen molar-refractivity contribution in [1.82, 2.24) is 14.6 Å². The molecule has 0 unspecified atom stereocenters. The predicted octanol–water partition coefficient (Wildman–Crippen LogP) is 4.24. The summed E-state index contributed by atoms with van der Waals surface area (Å²) in [5.74, 6) is 0.925. The van der Waals surface area contributed by atoms with E-state index in [2.05, 4.69) is 15.5 Å². The minimum Gasteiger partial charge on any atom is -0.497 e. The van der Waals surface area contributed by atoms with Crippen molar-refractivity contribution < 1.29 is 9.53 Å². The minimum absolute atomic E-state index is 0.0837. The zero-order valence-electron chi connectivity index (χ0n) is 15.9. The summed E-state index contributed by atoms with van der Waals surface area (Å²) in [4.78, 5) is 12.3. The first-order valence-corrected chi connectivity index (χ1v) is 9.85. The quantitative estimate of drug-likeness (QED) is 0.515. The molecule has 2 aromatic heterocycles. The number of ether oxygens (including phenoxy) is 1. The number of methoxy groups -OCH3 is 1. The van der Waals surface area contributed by atoms with E-state index in [9.17, 15) is 4.79 Å². The third-order valence-corrected chi connectivity index (χ3v) is 5.47. The van der Waals surface area contributed by atoms with Gasteiger partial charge in [-0.05, 0) is 49.7 Å². The lowest BCUT2D eigenvalue weighted by molar-refractivity contribution is -0.113. The number of rotatable bonds is 5. The van der Waals surface area contributed by atoms with Crippen LogP contribution in [-0.4, -0.2) is 33.4 Å². The summed E-state index contributed by atoms with van der Waals surface area (Å²) >= 11 is 1.36. The van der Waals surface area contributed by atoms with Crippen molar-refractivity contribution in [1.29, 1.82) is 0 Å². The van der Waals surface area contributed by atoms with Crippen LogP contribution in [0.4, 0.5) is 5.69 Å². The van der Waals surface area contributed by atoms with E-state index in [-0.39, 0.29) is 11.7 Å². The second-order valence-corrected chi connectivity index (χ2v) is 7.53. The Morgan fingerprint density at radius 3 is 2.64 bits per heavy atom. The van der Waals surface area contributed by atoms with Crippen LogP contribution in [0.3, 0.4) is 0 Å². The van der Waals surface area contributed by atoms with E-state index in [1.54, 1.807) is 7.11 Å². The first-order valence-electron chi connectivity index (χ1n) is 8.87. The maximum Gasteiger partial charge on any atom is 0.234 e. The van der Waals surface area contributed by atoms with Crippen molar-refractivity contribution in [2.45, 2.75) is 19.0 Å². The van der Waals surface area contributed by atoms with Gasteiger partial charge in [-0.1, -0.05) is 29.5 Å². The Labute approximate surface area is 166 Å². The molecule has 4 aromatic rings. The van der Waals surface area contributed by atoms with Gasteiger partial charge in [-0.25, -0.2) is 0 Å². The number of hydrogen-bond donors (Lipinski definition) is 1. The lowest BCUT2D eigenvalue weighted by Gasteiger charge is -2.09. The third kappa shape index (κ3) is 3.53. The van der Waals surface area contributed by atoms with Gasteiger partial charge in [0, 0.05) is 17.1 Å². The van der Waals surface area contributed by atoms with E-state index in [0.29, 0.717) is 5.16 Å². The van der Waals surface area contributed by atoms with Gasteiger partial charge in [0.05, 0.1) is 18.4 Å². The van der Waals surface area contributed by atoms with Crippen LogP contribution in [0.1, 0.15) is 11.1 Å².